The van der Waals surface area contributed by atoms with E-state index in [1.807, 2.05) is 19.1 Å². The highest BCUT2D eigenvalue weighted by atomic mass is 79.9. The van der Waals surface area contributed by atoms with Gasteiger partial charge in [-0.25, -0.2) is 0 Å². The summed E-state index contributed by atoms with van der Waals surface area (Å²) in [5.41, 5.74) is 0. The second kappa shape index (κ2) is 6.72. The van der Waals surface area contributed by atoms with E-state index in [1.165, 1.54) is 11.3 Å². The lowest BCUT2D eigenvalue weighted by atomic mass is 9.93. The number of rotatable bonds is 4. The highest BCUT2D eigenvalue weighted by molar-refractivity contribution is 9.11. The molecule has 1 N–H and O–H groups in total. The molecule has 2 atom stereocenters. The number of halogens is 1. The van der Waals surface area contributed by atoms with Gasteiger partial charge in [-0.1, -0.05) is 6.92 Å². The van der Waals surface area contributed by atoms with E-state index < -0.39 is 11.9 Å². The van der Waals surface area contributed by atoms with Crippen LogP contribution in [0.4, 0.5) is 0 Å². The molecule has 1 aliphatic heterocycles. The number of aliphatic carboxylic acids is 1. The van der Waals surface area contributed by atoms with Crippen molar-refractivity contribution in [3.63, 3.8) is 0 Å². The Hall–Kier alpha value is -0.880. The minimum Gasteiger partial charge on any atom is -0.481 e. The molecule has 1 aromatic rings. The monoisotopic (exact) mass is 359 g/mol. The van der Waals surface area contributed by atoms with Crippen LogP contribution in [-0.4, -0.2) is 28.4 Å². The first-order chi connectivity index (χ1) is 9.54. The Balaban J connectivity index is 2.42. The van der Waals surface area contributed by atoms with Crippen molar-refractivity contribution in [2.45, 2.75) is 38.6 Å². The molecule has 0 saturated carbocycles. The number of carbonyl (C=O) groups excluding carboxylic acids is 1. The molecule has 110 valence electrons. The number of hydrogen-bond donors (Lipinski definition) is 1. The SMILES string of the molecule is CCCN1C(=O)CCCC(C(=O)O)C1c1ccc(Br)s1. The van der Waals surface area contributed by atoms with Crippen LogP contribution in [0.15, 0.2) is 15.9 Å². The van der Waals surface area contributed by atoms with Crippen molar-refractivity contribution in [1.29, 1.82) is 0 Å². The fourth-order valence-corrected chi connectivity index (χ4v) is 4.35. The molecule has 1 saturated heterocycles. The Bertz CT molecular complexity index is 502. The van der Waals surface area contributed by atoms with E-state index in [1.54, 1.807) is 4.90 Å². The van der Waals surface area contributed by atoms with E-state index in [0.29, 0.717) is 25.8 Å². The molecule has 0 spiro atoms. The fourth-order valence-electron chi connectivity index (χ4n) is 2.75. The molecule has 0 aliphatic carbocycles. The number of thiophene rings is 1. The normalized spacial score (nSPS) is 23.7. The molecule has 20 heavy (non-hydrogen) atoms. The van der Waals surface area contributed by atoms with Gasteiger partial charge in [0.05, 0.1) is 15.7 Å². The standard InChI is InChI=1S/C14H18BrNO3S/c1-2-8-16-12(17)5-3-4-9(14(18)19)13(16)10-6-7-11(15)20-10/h6-7,9,13H,2-5,8H2,1H3,(H,18,19). The summed E-state index contributed by atoms with van der Waals surface area (Å²) in [6.07, 6.45) is 2.49. The zero-order chi connectivity index (χ0) is 14.7. The number of hydrogen-bond acceptors (Lipinski definition) is 3. The van der Waals surface area contributed by atoms with Gasteiger partial charge in [-0.15, -0.1) is 11.3 Å². The summed E-state index contributed by atoms with van der Waals surface area (Å²) in [7, 11) is 0. The van der Waals surface area contributed by atoms with Crippen molar-refractivity contribution in [1.82, 2.24) is 4.90 Å². The van der Waals surface area contributed by atoms with Crippen LogP contribution >= 0.6 is 27.3 Å². The molecule has 1 aromatic heterocycles. The number of carbonyl (C=O) groups is 2. The van der Waals surface area contributed by atoms with Crippen molar-refractivity contribution in [3.8, 4) is 0 Å². The zero-order valence-corrected chi connectivity index (χ0v) is 13.7. The third-order valence-electron chi connectivity index (χ3n) is 3.61. The van der Waals surface area contributed by atoms with Crippen molar-refractivity contribution >= 4 is 39.1 Å². The topological polar surface area (TPSA) is 57.6 Å². The minimum absolute atomic E-state index is 0.0742. The van der Waals surface area contributed by atoms with E-state index in [9.17, 15) is 14.7 Å². The van der Waals surface area contributed by atoms with Crippen molar-refractivity contribution in [2.24, 2.45) is 5.92 Å². The summed E-state index contributed by atoms with van der Waals surface area (Å²) >= 11 is 4.93. The van der Waals surface area contributed by atoms with Crippen LogP contribution in [0.5, 0.6) is 0 Å². The quantitative estimate of drug-likeness (QED) is 0.891. The molecule has 6 heteroatoms. The molecule has 0 bridgehead atoms. The molecule has 2 heterocycles. The number of amides is 1. The van der Waals surface area contributed by atoms with Crippen molar-refractivity contribution in [2.75, 3.05) is 6.54 Å². The number of likely N-dealkylation sites (tertiary alicyclic amines) is 1. The van der Waals surface area contributed by atoms with E-state index in [0.717, 1.165) is 15.1 Å². The highest BCUT2D eigenvalue weighted by Gasteiger charge is 2.38. The van der Waals surface area contributed by atoms with Crippen LogP contribution in [0.3, 0.4) is 0 Å². The second-order valence-electron chi connectivity index (χ2n) is 5.01. The summed E-state index contributed by atoms with van der Waals surface area (Å²) in [6.45, 7) is 2.62. The average molecular weight is 360 g/mol. The molecule has 0 aromatic carbocycles. The first-order valence-corrected chi connectivity index (χ1v) is 8.43. The fraction of sp³-hybridized carbons (Fsp3) is 0.571. The number of carboxylic acids is 1. The summed E-state index contributed by atoms with van der Waals surface area (Å²) in [6, 6.07) is 3.51. The third-order valence-corrected chi connectivity index (χ3v) is 5.30. The van der Waals surface area contributed by atoms with E-state index in [-0.39, 0.29) is 11.9 Å². The van der Waals surface area contributed by atoms with Crippen LogP contribution in [-0.2, 0) is 9.59 Å². The molecule has 1 fully saturated rings. The smallest absolute Gasteiger partial charge is 0.308 e. The van der Waals surface area contributed by atoms with Gasteiger partial charge in [-0.2, -0.15) is 0 Å². The lowest BCUT2D eigenvalue weighted by molar-refractivity contribution is -0.146. The van der Waals surface area contributed by atoms with Gasteiger partial charge in [0.2, 0.25) is 5.91 Å². The van der Waals surface area contributed by atoms with Gasteiger partial charge in [0, 0.05) is 17.8 Å². The summed E-state index contributed by atoms with van der Waals surface area (Å²) < 4.78 is 0.963. The minimum atomic E-state index is -0.810. The van der Waals surface area contributed by atoms with Gasteiger partial charge in [0.15, 0.2) is 0 Å². The zero-order valence-electron chi connectivity index (χ0n) is 11.3. The predicted octanol–water partition coefficient (Wildman–Crippen LogP) is 3.68. The molecule has 4 nitrogen and oxygen atoms in total. The van der Waals surface area contributed by atoms with Crippen LogP contribution in [0.25, 0.3) is 0 Å². The largest absolute Gasteiger partial charge is 0.481 e. The molecule has 2 unspecified atom stereocenters. The number of carboxylic acid groups (broad SMARTS) is 1. The number of nitrogens with zero attached hydrogens (tertiary/aromatic N) is 1. The van der Waals surface area contributed by atoms with Gasteiger partial charge in [0.25, 0.3) is 0 Å². The molecule has 1 aliphatic rings. The van der Waals surface area contributed by atoms with Gasteiger partial charge in [-0.05, 0) is 47.3 Å². The first kappa shape index (κ1) is 15.5. The van der Waals surface area contributed by atoms with Crippen LogP contribution in [0.2, 0.25) is 0 Å². The Kier molecular flexibility index (Phi) is 5.21. The van der Waals surface area contributed by atoms with Crippen LogP contribution in [0, 0.1) is 5.92 Å². The van der Waals surface area contributed by atoms with Gasteiger partial charge < -0.3 is 10.0 Å². The molecule has 0 radical (unpaired) electrons. The van der Waals surface area contributed by atoms with Crippen LogP contribution < -0.4 is 0 Å². The maximum atomic E-state index is 12.3. The van der Waals surface area contributed by atoms with Gasteiger partial charge >= 0.3 is 5.97 Å². The highest BCUT2D eigenvalue weighted by Crippen LogP contribution is 2.40. The van der Waals surface area contributed by atoms with Gasteiger partial charge in [-0.3, -0.25) is 9.59 Å². The molecular weight excluding hydrogens is 342 g/mol. The summed E-state index contributed by atoms with van der Waals surface area (Å²) in [5.74, 6) is -1.25. The molecule has 2 rings (SSSR count). The summed E-state index contributed by atoms with van der Waals surface area (Å²) in [5, 5.41) is 9.53. The molecular formula is C14H18BrNO3S. The Labute approximate surface area is 130 Å². The Morgan fingerprint density at radius 3 is 2.85 bits per heavy atom. The van der Waals surface area contributed by atoms with E-state index in [2.05, 4.69) is 15.9 Å². The molecule has 1 amide bonds. The second-order valence-corrected chi connectivity index (χ2v) is 7.51. The predicted molar refractivity (Wildman–Crippen MR) is 81.7 cm³/mol. The summed E-state index contributed by atoms with van der Waals surface area (Å²) in [4.78, 5) is 26.6. The third kappa shape index (κ3) is 3.23. The van der Waals surface area contributed by atoms with Gasteiger partial charge in [0.1, 0.15) is 0 Å². The Morgan fingerprint density at radius 2 is 2.30 bits per heavy atom. The van der Waals surface area contributed by atoms with Crippen molar-refractivity contribution < 1.29 is 14.7 Å². The van der Waals surface area contributed by atoms with E-state index in [4.69, 9.17) is 0 Å². The lowest BCUT2D eigenvalue weighted by Crippen LogP contribution is -2.39. The average Bonchev–Trinajstić information content (AvgIpc) is 2.74. The van der Waals surface area contributed by atoms with Crippen molar-refractivity contribution in [3.05, 3.63) is 20.8 Å². The maximum Gasteiger partial charge on any atom is 0.308 e. The maximum absolute atomic E-state index is 12.3. The first-order valence-electron chi connectivity index (χ1n) is 6.82. The van der Waals surface area contributed by atoms with E-state index >= 15 is 0 Å². The lowest BCUT2D eigenvalue weighted by Gasteiger charge is -2.32. The Morgan fingerprint density at radius 1 is 1.55 bits per heavy atom. The van der Waals surface area contributed by atoms with Crippen LogP contribution in [0.1, 0.15) is 43.5 Å².